The van der Waals surface area contributed by atoms with E-state index in [2.05, 4.69) is 14.9 Å². The fraction of sp³-hybridized carbons (Fsp3) is 0.300. The maximum Gasteiger partial charge on any atom is 0.308 e. The van der Waals surface area contributed by atoms with E-state index in [1.165, 1.54) is 23.5 Å². The van der Waals surface area contributed by atoms with Crippen LogP contribution in [0.4, 0.5) is 5.13 Å². The Morgan fingerprint density at radius 2 is 2.10 bits per heavy atom. The molecule has 0 radical (unpaired) electrons. The van der Waals surface area contributed by atoms with Crippen molar-refractivity contribution in [2.24, 2.45) is 0 Å². The summed E-state index contributed by atoms with van der Waals surface area (Å²) in [5.41, 5.74) is 0. The molecule has 108 valence electrons. The Balaban J connectivity index is 2.17. The molecule has 0 fully saturated rings. The van der Waals surface area contributed by atoms with E-state index in [-0.39, 0.29) is 15.8 Å². The fourth-order valence-electron chi connectivity index (χ4n) is 1.35. The molecular formula is C10H11N3O4S3. The highest BCUT2D eigenvalue weighted by atomic mass is 32.2. The van der Waals surface area contributed by atoms with E-state index in [1.807, 2.05) is 6.92 Å². The van der Waals surface area contributed by atoms with Crippen molar-refractivity contribution in [2.45, 2.75) is 24.0 Å². The first-order valence-corrected chi connectivity index (χ1v) is 8.68. The van der Waals surface area contributed by atoms with Crippen LogP contribution < -0.4 is 4.72 Å². The Morgan fingerprint density at radius 1 is 1.35 bits per heavy atom. The van der Waals surface area contributed by atoms with E-state index in [4.69, 9.17) is 5.11 Å². The number of sulfonamides is 1. The average Bonchev–Trinajstić information content (AvgIpc) is 2.97. The van der Waals surface area contributed by atoms with Gasteiger partial charge in [0.25, 0.3) is 10.0 Å². The Hall–Kier alpha value is -1.52. The molecule has 2 aromatic heterocycles. The molecule has 0 saturated heterocycles. The maximum absolute atomic E-state index is 12.1. The van der Waals surface area contributed by atoms with Gasteiger partial charge < -0.3 is 5.11 Å². The molecule has 2 N–H and O–H groups in total. The first-order chi connectivity index (χ1) is 9.40. The van der Waals surface area contributed by atoms with Crippen LogP contribution in [0, 0.1) is 0 Å². The second-order valence-electron chi connectivity index (χ2n) is 3.75. The number of aromatic nitrogens is 2. The largest absolute Gasteiger partial charge is 0.481 e. The molecule has 0 aliphatic rings. The van der Waals surface area contributed by atoms with Crippen LogP contribution in [0.5, 0.6) is 0 Å². The summed E-state index contributed by atoms with van der Waals surface area (Å²) in [5, 5.41) is 17.2. The molecule has 0 atom stereocenters. The van der Waals surface area contributed by atoms with E-state index in [0.717, 1.165) is 16.3 Å². The molecule has 2 rings (SSSR count). The monoisotopic (exact) mass is 333 g/mol. The number of aryl methyl sites for hydroxylation is 1. The van der Waals surface area contributed by atoms with Crippen molar-refractivity contribution >= 4 is 43.8 Å². The zero-order chi connectivity index (χ0) is 14.8. The zero-order valence-corrected chi connectivity index (χ0v) is 12.8. The number of rotatable bonds is 6. The molecule has 0 aliphatic carbocycles. The molecule has 2 aromatic rings. The van der Waals surface area contributed by atoms with E-state index in [0.29, 0.717) is 11.3 Å². The Morgan fingerprint density at radius 3 is 2.70 bits per heavy atom. The molecular weight excluding hydrogens is 322 g/mol. The number of carbonyl (C=O) groups is 1. The molecule has 10 heteroatoms. The van der Waals surface area contributed by atoms with Gasteiger partial charge in [0.15, 0.2) is 0 Å². The molecule has 0 unspecified atom stereocenters. The molecule has 7 nitrogen and oxygen atoms in total. The summed E-state index contributed by atoms with van der Waals surface area (Å²) >= 11 is 2.09. The van der Waals surface area contributed by atoms with Gasteiger partial charge in [0.05, 0.1) is 6.42 Å². The third-order valence-corrected chi connectivity index (χ3v) is 6.25. The van der Waals surface area contributed by atoms with Crippen molar-refractivity contribution in [1.82, 2.24) is 10.2 Å². The lowest BCUT2D eigenvalue weighted by Crippen LogP contribution is -2.11. The van der Waals surface area contributed by atoms with Crippen LogP contribution in [0.2, 0.25) is 0 Å². The first-order valence-electron chi connectivity index (χ1n) is 5.56. The number of hydrogen-bond donors (Lipinski definition) is 2. The second-order valence-corrected chi connectivity index (χ2v) is 7.89. The summed E-state index contributed by atoms with van der Waals surface area (Å²) in [7, 11) is -3.74. The summed E-state index contributed by atoms with van der Waals surface area (Å²) in [4.78, 5) is 11.1. The van der Waals surface area contributed by atoms with Gasteiger partial charge in [-0.2, -0.15) is 0 Å². The van der Waals surface area contributed by atoms with Gasteiger partial charge in [-0.15, -0.1) is 21.5 Å². The minimum absolute atomic E-state index is 0.0574. The number of hydrogen-bond acceptors (Lipinski definition) is 7. The number of anilines is 1. The summed E-state index contributed by atoms with van der Waals surface area (Å²) < 4.78 is 26.6. The summed E-state index contributed by atoms with van der Waals surface area (Å²) in [5.74, 6) is -1.000. The normalized spacial score (nSPS) is 11.4. The lowest BCUT2D eigenvalue weighted by molar-refractivity contribution is -0.136. The third-order valence-electron chi connectivity index (χ3n) is 2.22. The van der Waals surface area contributed by atoms with Crippen LogP contribution in [-0.2, 0) is 27.7 Å². The molecule has 0 aromatic carbocycles. The highest BCUT2D eigenvalue weighted by Crippen LogP contribution is 2.25. The van der Waals surface area contributed by atoms with Crippen molar-refractivity contribution in [2.75, 3.05) is 4.72 Å². The van der Waals surface area contributed by atoms with Crippen molar-refractivity contribution in [3.63, 3.8) is 0 Å². The van der Waals surface area contributed by atoms with Gasteiger partial charge in [-0.1, -0.05) is 18.3 Å². The molecule has 20 heavy (non-hydrogen) atoms. The quantitative estimate of drug-likeness (QED) is 0.831. The molecule has 0 bridgehead atoms. The van der Waals surface area contributed by atoms with Gasteiger partial charge in [-0.05, 0) is 18.6 Å². The fourth-order valence-corrected chi connectivity index (χ4v) is 4.61. The maximum atomic E-state index is 12.1. The Kier molecular flexibility index (Phi) is 4.35. The topological polar surface area (TPSA) is 109 Å². The predicted molar refractivity (Wildman–Crippen MR) is 75.8 cm³/mol. The minimum atomic E-state index is -3.74. The number of aliphatic carboxylic acids is 1. The SMILES string of the molecule is CCc1nnc(NS(=O)(=O)c2ccc(CC(=O)O)s2)s1. The van der Waals surface area contributed by atoms with Crippen LogP contribution in [0.1, 0.15) is 16.8 Å². The minimum Gasteiger partial charge on any atom is -0.481 e. The summed E-state index contributed by atoms with van der Waals surface area (Å²) in [6, 6.07) is 2.87. The van der Waals surface area contributed by atoms with Crippen LogP contribution >= 0.6 is 22.7 Å². The van der Waals surface area contributed by atoms with Gasteiger partial charge in [-0.3, -0.25) is 9.52 Å². The average molecular weight is 333 g/mol. The number of nitrogens with one attached hydrogen (secondary N) is 1. The second kappa shape index (κ2) is 5.85. The zero-order valence-electron chi connectivity index (χ0n) is 10.4. The summed E-state index contributed by atoms with van der Waals surface area (Å²) in [6.07, 6.45) is 0.486. The van der Waals surface area contributed by atoms with E-state index in [1.54, 1.807) is 0 Å². The number of thiophene rings is 1. The van der Waals surface area contributed by atoms with E-state index in [9.17, 15) is 13.2 Å². The smallest absolute Gasteiger partial charge is 0.308 e. The molecule has 0 aliphatic heterocycles. The molecule has 0 spiro atoms. The third kappa shape index (κ3) is 3.52. The lowest BCUT2D eigenvalue weighted by atomic mass is 10.3. The predicted octanol–water partition coefficient (Wildman–Crippen LogP) is 1.59. The number of carboxylic acids is 1. The van der Waals surface area contributed by atoms with E-state index >= 15 is 0 Å². The molecule has 0 saturated carbocycles. The molecule has 0 amide bonds. The van der Waals surface area contributed by atoms with Crippen LogP contribution in [0.3, 0.4) is 0 Å². The van der Waals surface area contributed by atoms with Gasteiger partial charge in [0, 0.05) is 4.88 Å². The Bertz CT molecular complexity index is 720. The van der Waals surface area contributed by atoms with Crippen LogP contribution in [0.25, 0.3) is 0 Å². The van der Waals surface area contributed by atoms with E-state index < -0.39 is 16.0 Å². The highest BCUT2D eigenvalue weighted by Gasteiger charge is 2.19. The number of nitrogens with zero attached hydrogens (tertiary/aromatic N) is 2. The van der Waals surface area contributed by atoms with Crippen molar-refractivity contribution in [3.05, 3.63) is 22.0 Å². The number of carboxylic acid groups (broad SMARTS) is 1. The van der Waals surface area contributed by atoms with Gasteiger partial charge in [-0.25, -0.2) is 8.42 Å². The first kappa shape index (κ1) is 14.9. The van der Waals surface area contributed by atoms with Gasteiger partial charge in [0.1, 0.15) is 9.22 Å². The van der Waals surface area contributed by atoms with Gasteiger partial charge in [0.2, 0.25) is 5.13 Å². The van der Waals surface area contributed by atoms with Crippen LogP contribution in [0.15, 0.2) is 16.3 Å². The lowest BCUT2D eigenvalue weighted by Gasteiger charge is -2.00. The highest BCUT2D eigenvalue weighted by molar-refractivity contribution is 7.94. The summed E-state index contributed by atoms with van der Waals surface area (Å²) in [6.45, 7) is 1.90. The van der Waals surface area contributed by atoms with Crippen molar-refractivity contribution in [1.29, 1.82) is 0 Å². The van der Waals surface area contributed by atoms with Crippen LogP contribution in [-0.4, -0.2) is 29.7 Å². The standard InChI is InChI=1S/C10H11N3O4S3/c1-2-7-11-12-10(19-7)13-20(16,17)9-4-3-6(18-9)5-8(14)15/h3-4H,2,5H2,1H3,(H,12,13)(H,14,15). The Labute approximate surface area is 123 Å². The van der Waals surface area contributed by atoms with Crippen molar-refractivity contribution in [3.8, 4) is 0 Å². The van der Waals surface area contributed by atoms with Crippen molar-refractivity contribution < 1.29 is 18.3 Å². The van der Waals surface area contributed by atoms with Gasteiger partial charge >= 0.3 is 5.97 Å². The molecule has 2 heterocycles.